The zero-order chi connectivity index (χ0) is 52.9. The Morgan fingerprint density at radius 1 is 0.274 bits per heavy atom. The molecule has 6 nitrogen and oxygen atoms in total. The third kappa shape index (κ3) is 56.8. The fourth-order valence-corrected chi connectivity index (χ4v) is 6.29. The molecule has 0 aliphatic heterocycles. The summed E-state index contributed by atoms with van der Waals surface area (Å²) in [6.07, 6.45) is 91.3. The third-order valence-corrected chi connectivity index (χ3v) is 10.3. The van der Waals surface area contributed by atoms with Crippen LogP contribution in [0.5, 0.6) is 0 Å². The minimum Gasteiger partial charge on any atom is -0.462 e. The molecule has 0 atom stereocenters. The highest BCUT2D eigenvalue weighted by atomic mass is 16.6. The Kier molecular flexibility index (Phi) is 53.7. The Hall–Kier alpha value is -6.01. The second-order valence-electron chi connectivity index (χ2n) is 17.0. The second kappa shape index (κ2) is 58.6. The van der Waals surface area contributed by atoms with Crippen LogP contribution in [0.3, 0.4) is 0 Å². The Morgan fingerprint density at radius 2 is 0.493 bits per heavy atom. The molecule has 0 aliphatic rings. The summed E-state index contributed by atoms with van der Waals surface area (Å²) in [4.78, 5) is 38.1. The highest BCUT2D eigenvalue weighted by Gasteiger charge is 2.19. The molecular weight excluding hydrogens is 901 g/mol. The van der Waals surface area contributed by atoms with E-state index in [1.807, 2.05) is 24.3 Å². The van der Waals surface area contributed by atoms with Crippen molar-refractivity contribution < 1.29 is 28.6 Å². The average Bonchev–Trinajstić information content (AvgIpc) is 3.39. The van der Waals surface area contributed by atoms with E-state index in [4.69, 9.17) is 14.2 Å². The van der Waals surface area contributed by atoms with Crippen molar-refractivity contribution in [3.05, 3.63) is 207 Å². The van der Waals surface area contributed by atoms with Gasteiger partial charge in [0.25, 0.3) is 0 Å². The molecule has 0 saturated heterocycles. The van der Waals surface area contributed by atoms with Crippen LogP contribution in [0, 0.1) is 0 Å². The molecule has 0 unspecified atom stereocenters. The van der Waals surface area contributed by atoms with Gasteiger partial charge < -0.3 is 14.2 Å². The lowest BCUT2D eigenvalue weighted by Crippen LogP contribution is -2.30. The summed E-state index contributed by atoms with van der Waals surface area (Å²) in [5.74, 6) is -1.22. The number of allylic oxidation sites excluding steroid dienone is 34. The number of carbonyl (C=O) groups is 3. The Bertz CT molecular complexity index is 1770. The first kappa shape index (κ1) is 67.0. The van der Waals surface area contributed by atoms with Crippen LogP contribution < -0.4 is 0 Å². The zero-order valence-corrected chi connectivity index (χ0v) is 45.5. The van der Waals surface area contributed by atoms with Crippen LogP contribution in [0.4, 0.5) is 0 Å². The second-order valence-corrected chi connectivity index (χ2v) is 17.0. The van der Waals surface area contributed by atoms with Crippen molar-refractivity contribution in [2.75, 3.05) is 13.2 Å². The van der Waals surface area contributed by atoms with Gasteiger partial charge in [-0.05, 0) is 135 Å². The van der Waals surface area contributed by atoms with E-state index in [2.05, 4.69) is 203 Å². The lowest BCUT2D eigenvalue weighted by Gasteiger charge is -2.18. The van der Waals surface area contributed by atoms with Crippen molar-refractivity contribution in [3.63, 3.8) is 0 Å². The number of ether oxygens (including phenoxy) is 3. The molecule has 73 heavy (non-hydrogen) atoms. The molecule has 0 radical (unpaired) electrons. The molecule has 0 bridgehead atoms. The standard InChI is InChI=1S/C67H96O6/c1-4-7-10-13-16-19-22-25-28-31-33-36-38-41-44-47-50-53-56-59-65(68)71-62-64(73-67(70)61-58-55-52-49-46-43-40-35-30-27-24-21-18-15-12-9-6-3)63-72-66(69)60-57-54-51-48-45-42-39-37-34-32-29-26-23-20-17-14-11-8-5-2/h7-12,16-21,25-30,33-34,36-37,40-45,49-54,64H,4-6,13-15,22-24,31-32,35,38-39,46-48,55-63H2,1-3H3. The summed E-state index contributed by atoms with van der Waals surface area (Å²) >= 11 is 0. The largest absolute Gasteiger partial charge is 0.462 e. The molecule has 0 aromatic heterocycles. The third-order valence-electron chi connectivity index (χ3n) is 10.3. The van der Waals surface area contributed by atoms with Gasteiger partial charge >= 0.3 is 17.9 Å². The molecule has 6 heteroatoms. The van der Waals surface area contributed by atoms with E-state index in [0.29, 0.717) is 19.3 Å². The van der Waals surface area contributed by atoms with Gasteiger partial charge in [-0.25, -0.2) is 0 Å². The van der Waals surface area contributed by atoms with Gasteiger partial charge in [0.2, 0.25) is 0 Å². The Balaban J connectivity index is 4.76. The first-order valence-electron chi connectivity index (χ1n) is 27.6. The predicted octanol–water partition coefficient (Wildman–Crippen LogP) is 18.9. The van der Waals surface area contributed by atoms with Crippen molar-refractivity contribution >= 4 is 17.9 Å². The molecule has 0 rings (SSSR count). The highest BCUT2D eigenvalue weighted by molar-refractivity contribution is 5.71. The maximum atomic E-state index is 12.8. The van der Waals surface area contributed by atoms with E-state index in [-0.39, 0.29) is 32.5 Å². The van der Waals surface area contributed by atoms with Crippen LogP contribution in [0.25, 0.3) is 0 Å². The first-order valence-corrected chi connectivity index (χ1v) is 27.6. The van der Waals surface area contributed by atoms with E-state index >= 15 is 0 Å². The summed E-state index contributed by atoms with van der Waals surface area (Å²) in [6.45, 7) is 6.08. The fraction of sp³-hybridized carbons (Fsp3) is 0.448. The quantitative estimate of drug-likeness (QED) is 0.0262. The van der Waals surface area contributed by atoms with Crippen LogP contribution in [0.2, 0.25) is 0 Å². The average molecular weight is 997 g/mol. The molecule has 400 valence electrons. The van der Waals surface area contributed by atoms with Gasteiger partial charge in [0.1, 0.15) is 13.2 Å². The van der Waals surface area contributed by atoms with Crippen molar-refractivity contribution in [2.45, 2.75) is 181 Å². The first-order chi connectivity index (χ1) is 36.0. The Labute approximate surface area is 445 Å². The van der Waals surface area contributed by atoms with Crippen LogP contribution in [-0.2, 0) is 28.6 Å². The normalized spacial score (nSPS) is 13.7. The van der Waals surface area contributed by atoms with Gasteiger partial charge in [0.05, 0.1) is 0 Å². The maximum Gasteiger partial charge on any atom is 0.306 e. The van der Waals surface area contributed by atoms with Gasteiger partial charge in [-0.2, -0.15) is 0 Å². The molecular formula is C67H96O6. The molecule has 0 amide bonds. The number of unbranched alkanes of at least 4 members (excludes halogenated alkanes) is 1. The van der Waals surface area contributed by atoms with E-state index in [0.717, 1.165) is 116 Å². The molecule has 0 N–H and O–H groups in total. The lowest BCUT2D eigenvalue weighted by atomic mass is 10.2. The summed E-state index contributed by atoms with van der Waals surface area (Å²) in [7, 11) is 0. The van der Waals surface area contributed by atoms with Crippen LogP contribution >= 0.6 is 0 Å². The van der Waals surface area contributed by atoms with E-state index < -0.39 is 24.0 Å². The Morgan fingerprint density at radius 3 is 0.740 bits per heavy atom. The van der Waals surface area contributed by atoms with Crippen molar-refractivity contribution in [1.29, 1.82) is 0 Å². The van der Waals surface area contributed by atoms with E-state index in [9.17, 15) is 14.4 Å². The van der Waals surface area contributed by atoms with Gasteiger partial charge in [0, 0.05) is 19.3 Å². The fourth-order valence-electron chi connectivity index (χ4n) is 6.29. The molecule has 0 aromatic carbocycles. The molecule has 0 fully saturated rings. The molecule has 0 aliphatic carbocycles. The number of rotatable bonds is 46. The van der Waals surface area contributed by atoms with Gasteiger partial charge in [-0.3, -0.25) is 14.4 Å². The molecule has 0 heterocycles. The molecule has 0 spiro atoms. The minimum absolute atomic E-state index is 0.177. The van der Waals surface area contributed by atoms with E-state index in [1.165, 1.54) is 0 Å². The van der Waals surface area contributed by atoms with Crippen molar-refractivity contribution in [3.8, 4) is 0 Å². The number of hydrogen-bond donors (Lipinski definition) is 0. The van der Waals surface area contributed by atoms with Crippen LogP contribution in [0.1, 0.15) is 175 Å². The molecule has 0 saturated carbocycles. The summed E-state index contributed by atoms with van der Waals surface area (Å²) in [5.41, 5.74) is 0. The summed E-state index contributed by atoms with van der Waals surface area (Å²) < 4.78 is 16.6. The smallest absolute Gasteiger partial charge is 0.306 e. The van der Waals surface area contributed by atoms with Gasteiger partial charge in [0.15, 0.2) is 6.10 Å². The predicted molar refractivity (Wildman–Crippen MR) is 315 cm³/mol. The van der Waals surface area contributed by atoms with Crippen molar-refractivity contribution in [1.82, 2.24) is 0 Å². The van der Waals surface area contributed by atoms with Gasteiger partial charge in [-0.15, -0.1) is 0 Å². The van der Waals surface area contributed by atoms with Crippen molar-refractivity contribution in [2.24, 2.45) is 0 Å². The summed E-state index contributed by atoms with van der Waals surface area (Å²) in [6, 6.07) is 0. The number of hydrogen-bond acceptors (Lipinski definition) is 6. The van der Waals surface area contributed by atoms with E-state index in [1.54, 1.807) is 0 Å². The van der Waals surface area contributed by atoms with Gasteiger partial charge in [-0.1, -0.05) is 227 Å². The SMILES string of the molecule is CCC=CCC=CCC=CCC=CCC=CCC=CCCC(=O)OCC(COC(=O)CCC=CCC=CCC=CCC=CCC=CCC=CCC)OC(=O)CCCC=CCC=CCC=CCC=CCC=CCC. The van der Waals surface area contributed by atoms with Crippen LogP contribution in [-0.4, -0.2) is 37.2 Å². The lowest BCUT2D eigenvalue weighted by molar-refractivity contribution is -0.166. The molecule has 0 aromatic rings. The number of carbonyl (C=O) groups excluding carboxylic acids is 3. The zero-order valence-electron chi connectivity index (χ0n) is 45.5. The minimum atomic E-state index is -0.883. The monoisotopic (exact) mass is 997 g/mol. The highest BCUT2D eigenvalue weighted by Crippen LogP contribution is 2.08. The summed E-state index contributed by atoms with van der Waals surface area (Å²) in [5, 5.41) is 0. The van der Waals surface area contributed by atoms with Crippen LogP contribution in [0.15, 0.2) is 207 Å². The topological polar surface area (TPSA) is 78.9 Å². The maximum absolute atomic E-state index is 12.8. The number of esters is 3.